The van der Waals surface area contributed by atoms with Gasteiger partial charge in [0.2, 0.25) is 0 Å². The smallest absolute Gasteiger partial charge is 0.259 e. The second kappa shape index (κ2) is 8.17. The number of rotatable bonds is 5. The number of para-hydroxylation sites is 1. The van der Waals surface area contributed by atoms with Gasteiger partial charge in [-0.05, 0) is 38.1 Å². The molecule has 30 heavy (non-hydrogen) atoms. The summed E-state index contributed by atoms with van der Waals surface area (Å²) in [5, 5.41) is 7.59. The van der Waals surface area contributed by atoms with Crippen molar-refractivity contribution in [1.82, 2.24) is 9.78 Å². The van der Waals surface area contributed by atoms with E-state index < -0.39 is 0 Å². The Hall–Kier alpha value is -3.99. The van der Waals surface area contributed by atoms with Crippen LogP contribution in [0.15, 0.2) is 85.1 Å². The fraction of sp³-hybridized carbons (Fsp3) is 0.0800. The van der Waals surface area contributed by atoms with Gasteiger partial charge in [-0.25, -0.2) is 4.68 Å². The molecule has 0 radical (unpaired) electrons. The third kappa shape index (κ3) is 4.05. The van der Waals surface area contributed by atoms with Gasteiger partial charge in [-0.15, -0.1) is 0 Å². The third-order valence-electron chi connectivity index (χ3n) is 4.83. The van der Waals surface area contributed by atoms with Crippen molar-refractivity contribution >= 4 is 17.4 Å². The van der Waals surface area contributed by atoms with Crippen molar-refractivity contribution in [2.45, 2.75) is 13.8 Å². The van der Waals surface area contributed by atoms with Gasteiger partial charge in [-0.1, -0.05) is 60.2 Å². The Morgan fingerprint density at radius 1 is 0.900 bits per heavy atom. The molecule has 3 aromatic carbocycles. The Labute approximate surface area is 175 Å². The summed E-state index contributed by atoms with van der Waals surface area (Å²) in [5.74, 6) is -0.336. The number of amides is 1. The average molecular weight is 395 g/mol. The largest absolute Gasteiger partial charge is 0.322 e. The van der Waals surface area contributed by atoms with Gasteiger partial charge in [0.05, 0.1) is 11.3 Å². The molecular weight excluding hydrogens is 374 g/mol. The number of anilines is 1. The molecule has 5 heteroatoms. The highest BCUT2D eigenvalue weighted by Crippen LogP contribution is 2.25. The predicted octanol–water partition coefficient (Wildman–Crippen LogP) is 5.30. The standard InChI is InChI=1S/C25H21N3O2/c1-17-11-13-19(14-12-17)24-23(16-28(27-24)22-9-4-3-5-10-22)25(30)26-21-8-6-7-20(15-21)18(2)29/h3-16H,1-2H3,(H,26,30). The minimum Gasteiger partial charge on any atom is -0.322 e. The van der Waals surface area contributed by atoms with Gasteiger partial charge in [-0.2, -0.15) is 5.10 Å². The first-order valence-electron chi connectivity index (χ1n) is 9.66. The van der Waals surface area contributed by atoms with Crippen molar-refractivity contribution in [3.8, 4) is 16.9 Å². The Kier molecular flexibility index (Phi) is 5.26. The van der Waals surface area contributed by atoms with Crippen LogP contribution in [-0.4, -0.2) is 21.5 Å². The van der Waals surface area contributed by atoms with Gasteiger partial charge in [-0.3, -0.25) is 9.59 Å². The first-order valence-corrected chi connectivity index (χ1v) is 9.66. The van der Waals surface area contributed by atoms with E-state index in [1.54, 1.807) is 35.1 Å². The molecule has 1 aromatic heterocycles. The quantitative estimate of drug-likeness (QED) is 0.466. The van der Waals surface area contributed by atoms with Gasteiger partial charge in [0.15, 0.2) is 5.78 Å². The number of aromatic nitrogens is 2. The van der Waals surface area contributed by atoms with E-state index in [9.17, 15) is 9.59 Å². The van der Waals surface area contributed by atoms with Crippen molar-refractivity contribution < 1.29 is 9.59 Å². The molecule has 0 unspecified atom stereocenters. The SMILES string of the molecule is CC(=O)c1cccc(NC(=O)c2cn(-c3ccccc3)nc2-c2ccc(C)cc2)c1. The maximum Gasteiger partial charge on any atom is 0.259 e. The number of Topliss-reactive ketones (excluding diaryl/α,β-unsaturated/α-hetero) is 1. The van der Waals surface area contributed by atoms with Crippen LogP contribution in [0, 0.1) is 6.92 Å². The first-order chi connectivity index (χ1) is 14.5. The molecule has 0 atom stereocenters. The lowest BCUT2D eigenvalue weighted by atomic mass is 10.1. The fourth-order valence-corrected chi connectivity index (χ4v) is 3.19. The van der Waals surface area contributed by atoms with Crippen LogP contribution < -0.4 is 5.32 Å². The van der Waals surface area contributed by atoms with E-state index in [1.165, 1.54) is 6.92 Å². The number of carbonyl (C=O) groups excluding carboxylic acids is 2. The van der Waals surface area contributed by atoms with Crippen molar-refractivity contribution in [1.29, 1.82) is 0 Å². The topological polar surface area (TPSA) is 64.0 Å². The van der Waals surface area contributed by atoms with Crippen LogP contribution in [0.1, 0.15) is 33.2 Å². The summed E-state index contributed by atoms with van der Waals surface area (Å²) in [6, 6.07) is 24.5. The molecule has 0 aliphatic carbocycles. The third-order valence-corrected chi connectivity index (χ3v) is 4.83. The summed E-state index contributed by atoms with van der Waals surface area (Å²) in [5.41, 5.74) is 5.02. The van der Waals surface area contributed by atoms with E-state index in [0.717, 1.165) is 16.8 Å². The number of ketones is 1. The van der Waals surface area contributed by atoms with E-state index in [2.05, 4.69) is 5.32 Å². The molecule has 0 fully saturated rings. The maximum absolute atomic E-state index is 13.2. The number of hydrogen-bond donors (Lipinski definition) is 1. The number of aryl methyl sites for hydroxylation is 1. The molecule has 0 saturated carbocycles. The average Bonchev–Trinajstić information content (AvgIpc) is 3.21. The van der Waals surface area contributed by atoms with Gasteiger partial charge in [0, 0.05) is 23.0 Å². The van der Waals surface area contributed by atoms with Crippen LogP contribution in [0.5, 0.6) is 0 Å². The van der Waals surface area contributed by atoms with Crippen LogP contribution >= 0.6 is 0 Å². The Morgan fingerprint density at radius 2 is 1.63 bits per heavy atom. The molecular formula is C25H21N3O2. The molecule has 0 spiro atoms. The number of nitrogens with zero attached hydrogens (tertiary/aromatic N) is 2. The Balaban J connectivity index is 1.74. The zero-order valence-corrected chi connectivity index (χ0v) is 16.8. The lowest BCUT2D eigenvalue weighted by Crippen LogP contribution is -2.12. The van der Waals surface area contributed by atoms with Crippen molar-refractivity contribution in [3.05, 3.63) is 102 Å². The number of benzene rings is 3. The monoisotopic (exact) mass is 395 g/mol. The van der Waals surface area contributed by atoms with Gasteiger partial charge >= 0.3 is 0 Å². The zero-order chi connectivity index (χ0) is 21.1. The molecule has 4 aromatic rings. The summed E-state index contributed by atoms with van der Waals surface area (Å²) in [6.45, 7) is 3.52. The Morgan fingerprint density at radius 3 is 2.33 bits per heavy atom. The molecule has 0 aliphatic rings. The zero-order valence-electron chi connectivity index (χ0n) is 16.8. The second-order valence-corrected chi connectivity index (χ2v) is 7.13. The van der Waals surface area contributed by atoms with E-state index >= 15 is 0 Å². The highest BCUT2D eigenvalue weighted by Gasteiger charge is 2.19. The lowest BCUT2D eigenvalue weighted by Gasteiger charge is -2.07. The highest BCUT2D eigenvalue weighted by molar-refractivity contribution is 6.08. The van der Waals surface area contributed by atoms with Crippen LogP contribution in [0.3, 0.4) is 0 Å². The van der Waals surface area contributed by atoms with Crippen molar-refractivity contribution in [2.75, 3.05) is 5.32 Å². The molecule has 0 saturated heterocycles. The molecule has 0 aliphatic heterocycles. The molecule has 0 bridgehead atoms. The normalized spacial score (nSPS) is 10.6. The first kappa shape index (κ1) is 19.3. The minimum absolute atomic E-state index is 0.0525. The number of nitrogens with one attached hydrogen (secondary N) is 1. The van der Waals surface area contributed by atoms with Crippen molar-refractivity contribution in [2.24, 2.45) is 0 Å². The fourth-order valence-electron chi connectivity index (χ4n) is 3.19. The number of carbonyl (C=O) groups is 2. The molecule has 4 rings (SSSR count). The summed E-state index contributed by atoms with van der Waals surface area (Å²) >= 11 is 0. The molecule has 1 heterocycles. The summed E-state index contributed by atoms with van der Waals surface area (Å²) in [4.78, 5) is 24.8. The van der Waals surface area contributed by atoms with Crippen LogP contribution in [0.2, 0.25) is 0 Å². The maximum atomic E-state index is 13.2. The summed E-state index contributed by atoms with van der Waals surface area (Å²) in [6.07, 6.45) is 1.73. The van der Waals surface area contributed by atoms with Crippen molar-refractivity contribution in [3.63, 3.8) is 0 Å². The Bertz CT molecular complexity index is 1210. The molecule has 5 nitrogen and oxygen atoms in total. The van der Waals surface area contributed by atoms with Gasteiger partial charge in [0.25, 0.3) is 5.91 Å². The predicted molar refractivity (Wildman–Crippen MR) is 118 cm³/mol. The number of hydrogen-bond acceptors (Lipinski definition) is 3. The van der Waals surface area contributed by atoms with Gasteiger partial charge in [0.1, 0.15) is 5.69 Å². The summed E-state index contributed by atoms with van der Waals surface area (Å²) in [7, 11) is 0. The second-order valence-electron chi connectivity index (χ2n) is 7.13. The summed E-state index contributed by atoms with van der Waals surface area (Å²) < 4.78 is 1.70. The molecule has 148 valence electrons. The minimum atomic E-state index is -0.284. The van der Waals surface area contributed by atoms with Gasteiger partial charge < -0.3 is 5.32 Å². The van der Waals surface area contributed by atoms with Crippen LogP contribution in [0.4, 0.5) is 5.69 Å². The molecule has 1 N–H and O–H groups in total. The van der Waals surface area contributed by atoms with E-state index in [1.807, 2.05) is 61.5 Å². The van der Waals surface area contributed by atoms with Crippen LogP contribution in [-0.2, 0) is 0 Å². The van der Waals surface area contributed by atoms with E-state index in [0.29, 0.717) is 22.5 Å². The van der Waals surface area contributed by atoms with E-state index in [4.69, 9.17) is 5.10 Å². The van der Waals surface area contributed by atoms with Crippen LogP contribution in [0.25, 0.3) is 16.9 Å². The molecule has 1 amide bonds. The lowest BCUT2D eigenvalue weighted by molar-refractivity contribution is 0.101. The highest BCUT2D eigenvalue weighted by atomic mass is 16.1. The van der Waals surface area contributed by atoms with E-state index in [-0.39, 0.29) is 11.7 Å².